The first kappa shape index (κ1) is 9.64. The number of amides is 2. The zero-order chi connectivity index (χ0) is 10.7. The minimum absolute atomic E-state index is 0.108. The molecule has 2 amide bonds. The van der Waals surface area contributed by atoms with Crippen molar-refractivity contribution >= 4 is 11.8 Å². The Hall–Kier alpha value is -1.91. The van der Waals surface area contributed by atoms with Crippen LogP contribution in [0.15, 0.2) is 24.5 Å². The van der Waals surface area contributed by atoms with Crippen molar-refractivity contribution in [2.45, 2.75) is 0 Å². The van der Waals surface area contributed by atoms with E-state index in [1.807, 2.05) is 0 Å². The maximum Gasteiger partial charge on any atom is 0.254 e. The first-order chi connectivity index (χ1) is 7.27. The predicted octanol–water partition coefficient (Wildman–Crippen LogP) is -0.346. The lowest BCUT2D eigenvalue weighted by molar-refractivity contribution is -0.123. The van der Waals surface area contributed by atoms with Gasteiger partial charge in [-0.2, -0.15) is 0 Å². The summed E-state index contributed by atoms with van der Waals surface area (Å²) < 4.78 is 0. The van der Waals surface area contributed by atoms with Crippen LogP contribution in [0.5, 0.6) is 0 Å². The molecule has 0 aromatic carbocycles. The normalized spacial score (nSPS) is 16.0. The lowest BCUT2D eigenvalue weighted by atomic mass is 10.2. The van der Waals surface area contributed by atoms with E-state index >= 15 is 0 Å². The van der Waals surface area contributed by atoms with Crippen molar-refractivity contribution < 1.29 is 9.59 Å². The Labute approximate surface area is 87.1 Å². The lowest BCUT2D eigenvalue weighted by Crippen LogP contribution is -2.49. The van der Waals surface area contributed by atoms with Gasteiger partial charge in [-0.1, -0.05) is 0 Å². The minimum Gasteiger partial charge on any atom is -0.353 e. The highest BCUT2D eigenvalue weighted by Gasteiger charge is 2.21. The third-order valence-corrected chi connectivity index (χ3v) is 2.25. The molecule has 5 nitrogen and oxygen atoms in total. The van der Waals surface area contributed by atoms with Crippen molar-refractivity contribution in [3.05, 3.63) is 30.1 Å². The Balaban J connectivity index is 2.11. The van der Waals surface area contributed by atoms with E-state index in [4.69, 9.17) is 0 Å². The van der Waals surface area contributed by atoms with Crippen molar-refractivity contribution in [2.24, 2.45) is 0 Å². The molecule has 0 aliphatic carbocycles. The number of rotatable bonds is 1. The van der Waals surface area contributed by atoms with Crippen LogP contribution in [0.3, 0.4) is 0 Å². The van der Waals surface area contributed by atoms with E-state index in [0.717, 1.165) is 0 Å². The summed E-state index contributed by atoms with van der Waals surface area (Å²) in [5.41, 5.74) is 0.569. The number of hydrogen-bond acceptors (Lipinski definition) is 3. The van der Waals surface area contributed by atoms with E-state index in [9.17, 15) is 9.59 Å². The van der Waals surface area contributed by atoms with Gasteiger partial charge in [-0.25, -0.2) is 0 Å². The van der Waals surface area contributed by atoms with Crippen molar-refractivity contribution in [3.63, 3.8) is 0 Å². The number of hydrogen-bond donors (Lipinski definition) is 1. The SMILES string of the molecule is O=C1CN(C(=O)c2ccncc2)CCN1. The molecule has 1 N–H and O–H groups in total. The van der Waals surface area contributed by atoms with Gasteiger partial charge in [0.2, 0.25) is 5.91 Å². The number of aromatic nitrogens is 1. The van der Waals surface area contributed by atoms with Crippen LogP contribution in [0.25, 0.3) is 0 Å². The van der Waals surface area contributed by atoms with Crippen LogP contribution in [0.1, 0.15) is 10.4 Å². The van der Waals surface area contributed by atoms with Gasteiger partial charge in [0, 0.05) is 31.0 Å². The third-order valence-electron chi connectivity index (χ3n) is 2.25. The fourth-order valence-corrected chi connectivity index (χ4v) is 1.49. The van der Waals surface area contributed by atoms with Crippen LogP contribution in [-0.4, -0.2) is 41.3 Å². The second kappa shape index (κ2) is 4.08. The lowest BCUT2D eigenvalue weighted by Gasteiger charge is -2.26. The highest BCUT2D eigenvalue weighted by atomic mass is 16.2. The predicted molar refractivity (Wildman–Crippen MR) is 53.2 cm³/mol. The molecule has 1 fully saturated rings. The molecular weight excluding hydrogens is 194 g/mol. The van der Waals surface area contributed by atoms with Crippen LogP contribution < -0.4 is 5.32 Å². The van der Waals surface area contributed by atoms with Gasteiger partial charge in [0.25, 0.3) is 5.91 Å². The number of carbonyl (C=O) groups is 2. The summed E-state index contributed by atoms with van der Waals surface area (Å²) in [6, 6.07) is 3.30. The first-order valence-corrected chi connectivity index (χ1v) is 4.73. The summed E-state index contributed by atoms with van der Waals surface area (Å²) >= 11 is 0. The molecule has 0 saturated carbocycles. The summed E-state index contributed by atoms with van der Waals surface area (Å²) in [4.78, 5) is 28.3. The van der Waals surface area contributed by atoms with E-state index in [2.05, 4.69) is 10.3 Å². The molecule has 2 heterocycles. The summed E-state index contributed by atoms with van der Waals surface area (Å²) in [6.45, 7) is 1.23. The third kappa shape index (κ3) is 2.12. The number of pyridine rings is 1. The maximum absolute atomic E-state index is 11.9. The van der Waals surface area contributed by atoms with E-state index in [-0.39, 0.29) is 18.4 Å². The molecule has 5 heteroatoms. The quantitative estimate of drug-likeness (QED) is 0.682. The smallest absolute Gasteiger partial charge is 0.254 e. The molecule has 78 valence electrons. The topological polar surface area (TPSA) is 62.3 Å². The van der Waals surface area contributed by atoms with Gasteiger partial charge in [-0.05, 0) is 12.1 Å². The van der Waals surface area contributed by atoms with Crippen molar-refractivity contribution in [1.29, 1.82) is 0 Å². The fraction of sp³-hybridized carbons (Fsp3) is 0.300. The van der Waals surface area contributed by atoms with Gasteiger partial charge >= 0.3 is 0 Å². The molecule has 0 atom stereocenters. The van der Waals surface area contributed by atoms with Gasteiger partial charge in [0.05, 0.1) is 6.54 Å². The van der Waals surface area contributed by atoms with E-state index in [0.29, 0.717) is 18.7 Å². The average Bonchev–Trinajstić information content (AvgIpc) is 2.29. The monoisotopic (exact) mass is 205 g/mol. The Morgan fingerprint density at radius 1 is 1.40 bits per heavy atom. The van der Waals surface area contributed by atoms with E-state index in [1.165, 1.54) is 4.90 Å². The molecule has 1 aromatic rings. The highest BCUT2D eigenvalue weighted by molar-refractivity contribution is 5.96. The Morgan fingerprint density at radius 3 is 2.80 bits per heavy atom. The summed E-state index contributed by atoms with van der Waals surface area (Å²) in [7, 11) is 0. The average molecular weight is 205 g/mol. The van der Waals surface area contributed by atoms with Crippen LogP contribution in [0.4, 0.5) is 0 Å². The first-order valence-electron chi connectivity index (χ1n) is 4.73. The molecule has 1 saturated heterocycles. The molecule has 1 aliphatic rings. The zero-order valence-electron chi connectivity index (χ0n) is 8.14. The summed E-state index contributed by atoms with van der Waals surface area (Å²) in [5.74, 6) is -0.226. The molecule has 0 unspecified atom stereocenters. The molecule has 15 heavy (non-hydrogen) atoms. The number of carbonyl (C=O) groups excluding carboxylic acids is 2. The molecule has 0 spiro atoms. The van der Waals surface area contributed by atoms with Crippen molar-refractivity contribution in [1.82, 2.24) is 15.2 Å². The van der Waals surface area contributed by atoms with Gasteiger partial charge < -0.3 is 10.2 Å². The van der Waals surface area contributed by atoms with Crippen molar-refractivity contribution in [3.8, 4) is 0 Å². The molecule has 0 bridgehead atoms. The van der Waals surface area contributed by atoms with Crippen LogP contribution in [0.2, 0.25) is 0 Å². The van der Waals surface area contributed by atoms with Crippen LogP contribution in [-0.2, 0) is 4.79 Å². The number of nitrogens with one attached hydrogen (secondary N) is 1. The Kier molecular flexibility index (Phi) is 2.62. The summed E-state index contributed by atoms with van der Waals surface area (Å²) in [5, 5.41) is 2.67. The molecule has 0 radical (unpaired) electrons. The summed E-state index contributed by atoms with van der Waals surface area (Å²) in [6.07, 6.45) is 3.13. The van der Waals surface area contributed by atoms with Gasteiger partial charge in [0.15, 0.2) is 0 Å². The second-order valence-electron chi connectivity index (χ2n) is 3.31. The van der Waals surface area contributed by atoms with E-state index < -0.39 is 0 Å². The standard InChI is InChI=1S/C10H11N3O2/c14-9-7-13(6-5-12-9)10(15)8-1-3-11-4-2-8/h1-4H,5-7H2,(H,12,14). The second-order valence-corrected chi connectivity index (χ2v) is 3.31. The fourth-order valence-electron chi connectivity index (χ4n) is 1.49. The number of nitrogens with zero attached hydrogens (tertiary/aromatic N) is 2. The molecular formula is C10H11N3O2. The minimum atomic E-state index is -0.118. The van der Waals surface area contributed by atoms with Gasteiger partial charge in [-0.15, -0.1) is 0 Å². The Bertz CT molecular complexity index is 378. The number of piperazine rings is 1. The highest BCUT2D eigenvalue weighted by Crippen LogP contribution is 2.04. The van der Waals surface area contributed by atoms with Crippen LogP contribution >= 0.6 is 0 Å². The molecule has 1 aromatic heterocycles. The van der Waals surface area contributed by atoms with Crippen molar-refractivity contribution in [2.75, 3.05) is 19.6 Å². The Morgan fingerprint density at radius 2 is 2.13 bits per heavy atom. The van der Waals surface area contributed by atoms with E-state index in [1.54, 1.807) is 24.5 Å². The van der Waals surface area contributed by atoms with Gasteiger partial charge in [-0.3, -0.25) is 14.6 Å². The van der Waals surface area contributed by atoms with Gasteiger partial charge in [0.1, 0.15) is 0 Å². The largest absolute Gasteiger partial charge is 0.353 e. The maximum atomic E-state index is 11.9. The van der Waals surface area contributed by atoms with Crippen LogP contribution in [0, 0.1) is 0 Å². The zero-order valence-corrected chi connectivity index (χ0v) is 8.14. The molecule has 2 rings (SSSR count). The molecule has 1 aliphatic heterocycles.